The smallest absolute Gasteiger partial charge is 0.253 e. The van der Waals surface area contributed by atoms with E-state index in [1.807, 2.05) is 0 Å². The number of hydrogen-bond donors (Lipinski definition) is 1. The van der Waals surface area contributed by atoms with Gasteiger partial charge in [-0.15, -0.1) is 11.3 Å². The van der Waals surface area contributed by atoms with Gasteiger partial charge in [0.1, 0.15) is 4.21 Å². The van der Waals surface area contributed by atoms with Crippen molar-refractivity contribution in [3.8, 4) is 0 Å². The Morgan fingerprint density at radius 2 is 2.17 bits per heavy atom. The fourth-order valence-electron chi connectivity index (χ4n) is 2.28. The van der Waals surface area contributed by atoms with Gasteiger partial charge in [0.15, 0.2) is 0 Å². The molecule has 0 spiro atoms. The van der Waals surface area contributed by atoms with Crippen LogP contribution in [0.1, 0.15) is 25.7 Å². The van der Waals surface area contributed by atoms with Gasteiger partial charge in [-0.3, -0.25) is 0 Å². The Labute approximate surface area is 117 Å². The lowest BCUT2D eigenvalue weighted by Crippen LogP contribution is -2.43. The second kappa shape index (κ2) is 5.64. The molecule has 0 unspecified atom stereocenters. The van der Waals surface area contributed by atoms with Crippen molar-refractivity contribution in [1.82, 2.24) is 4.31 Å². The van der Waals surface area contributed by atoms with Crippen molar-refractivity contribution < 1.29 is 8.42 Å². The molecule has 1 aliphatic carbocycles. The molecule has 1 heterocycles. The van der Waals surface area contributed by atoms with Crippen LogP contribution in [-0.4, -0.2) is 30.3 Å². The zero-order valence-corrected chi connectivity index (χ0v) is 12.4. The Morgan fingerprint density at radius 1 is 1.50 bits per heavy atom. The summed E-state index contributed by atoms with van der Waals surface area (Å²) in [6.45, 7) is 0.139. The molecule has 1 aromatic heterocycles. The van der Waals surface area contributed by atoms with Gasteiger partial charge in [-0.1, -0.05) is 31.1 Å². The van der Waals surface area contributed by atoms with Crippen molar-refractivity contribution in [2.24, 2.45) is 5.73 Å². The van der Waals surface area contributed by atoms with Gasteiger partial charge in [0, 0.05) is 6.04 Å². The van der Waals surface area contributed by atoms with E-state index in [9.17, 15) is 8.42 Å². The maximum atomic E-state index is 12.5. The monoisotopic (exact) mass is 304 g/mol. The Hall–Kier alpha value is -0.500. The summed E-state index contributed by atoms with van der Waals surface area (Å²) < 4.78 is 26.9. The summed E-state index contributed by atoms with van der Waals surface area (Å²) in [5.41, 5.74) is 5.54. The average Bonchev–Trinajstić information content (AvgIpc) is 2.98. The van der Waals surface area contributed by atoms with E-state index in [0.717, 1.165) is 25.7 Å². The van der Waals surface area contributed by atoms with Crippen LogP contribution in [0.15, 0.2) is 21.7 Å². The first-order valence-electron chi connectivity index (χ1n) is 5.85. The molecule has 7 heteroatoms. The molecular formula is C11H16N2O2S3. The second-order valence-corrected chi connectivity index (χ2v) is 7.98. The topological polar surface area (TPSA) is 63.4 Å². The standard InChI is InChI=1S/C11H16N2O2S3/c12-10(16)8-13(9-4-1-2-5-9)18(14,15)11-6-3-7-17-11/h3,6-7,9H,1-2,4-5,8H2,(H2,12,16). The predicted octanol–water partition coefficient (Wildman–Crippen LogP) is 1.97. The van der Waals surface area contributed by atoms with Crippen LogP contribution in [0, 0.1) is 0 Å². The molecule has 1 aliphatic rings. The Balaban J connectivity index is 2.30. The summed E-state index contributed by atoms with van der Waals surface area (Å²) >= 11 is 6.11. The van der Waals surface area contributed by atoms with Crippen LogP contribution in [0.5, 0.6) is 0 Å². The number of rotatable bonds is 5. The first-order chi connectivity index (χ1) is 8.51. The van der Waals surface area contributed by atoms with E-state index in [4.69, 9.17) is 18.0 Å². The zero-order valence-electron chi connectivity index (χ0n) is 9.91. The van der Waals surface area contributed by atoms with Crippen LogP contribution in [0.25, 0.3) is 0 Å². The molecule has 0 aromatic carbocycles. The fraction of sp³-hybridized carbons (Fsp3) is 0.545. The molecule has 2 rings (SSSR count). The van der Waals surface area contributed by atoms with E-state index >= 15 is 0 Å². The van der Waals surface area contributed by atoms with E-state index in [-0.39, 0.29) is 17.6 Å². The van der Waals surface area contributed by atoms with Crippen molar-refractivity contribution in [3.05, 3.63) is 17.5 Å². The molecule has 0 bridgehead atoms. The highest BCUT2D eigenvalue weighted by Crippen LogP contribution is 2.30. The lowest BCUT2D eigenvalue weighted by Gasteiger charge is -2.26. The molecule has 0 radical (unpaired) electrons. The highest BCUT2D eigenvalue weighted by Gasteiger charge is 2.34. The number of nitrogens with two attached hydrogens (primary N) is 1. The van der Waals surface area contributed by atoms with E-state index < -0.39 is 10.0 Å². The number of nitrogens with zero attached hydrogens (tertiary/aromatic N) is 1. The number of hydrogen-bond acceptors (Lipinski definition) is 4. The van der Waals surface area contributed by atoms with Crippen LogP contribution in [0.3, 0.4) is 0 Å². The maximum Gasteiger partial charge on any atom is 0.253 e. The second-order valence-electron chi connectivity index (χ2n) is 4.39. The highest BCUT2D eigenvalue weighted by atomic mass is 32.2. The van der Waals surface area contributed by atoms with Crippen molar-refractivity contribution >= 4 is 38.6 Å². The summed E-state index contributed by atoms with van der Waals surface area (Å²) in [5, 5.41) is 1.76. The van der Waals surface area contributed by atoms with Crippen molar-refractivity contribution in [2.75, 3.05) is 6.54 Å². The SMILES string of the molecule is NC(=S)CN(C1CCCC1)S(=O)(=O)c1cccs1. The third kappa shape index (κ3) is 2.90. The largest absolute Gasteiger partial charge is 0.392 e. The molecule has 18 heavy (non-hydrogen) atoms. The normalized spacial score (nSPS) is 17.4. The van der Waals surface area contributed by atoms with Gasteiger partial charge in [0.2, 0.25) is 0 Å². The molecule has 0 atom stereocenters. The maximum absolute atomic E-state index is 12.5. The molecule has 0 aliphatic heterocycles. The minimum absolute atomic E-state index is 0.0404. The van der Waals surface area contributed by atoms with Crippen LogP contribution in [0.2, 0.25) is 0 Å². The van der Waals surface area contributed by atoms with Gasteiger partial charge < -0.3 is 5.73 Å². The Kier molecular flexibility index (Phi) is 4.37. The van der Waals surface area contributed by atoms with E-state index in [2.05, 4.69) is 0 Å². The first kappa shape index (κ1) is 13.9. The number of sulfonamides is 1. The number of thiophene rings is 1. The molecular weight excluding hydrogens is 288 g/mol. The van der Waals surface area contributed by atoms with Gasteiger partial charge in [-0.05, 0) is 24.3 Å². The molecule has 1 aromatic rings. The fourth-order valence-corrected chi connectivity index (χ4v) is 5.29. The molecule has 0 saturated heterocycles. The molecule has 4 nitrogen and oxygen atoms in total. The van der Waals surface area contributed by atoms with Gasteiger partial charge in [-0.25, -0.2) is 8.42 Å². The molecule has 2 N–H and O–H groups in total. The van der Waals surface area contributed by atoms with Gasteiger partial charge >= 0.3 is 0 Å². The van der Waals surface area contributed by atoms with E-state index in [1.165, 1.54) is 15.6 Å². The van der Waals surface area contributed by atoms with Crippen molar-refractivity contribution in [3.63, 3.8) is 0 Å². The van der Waals surface area contributed by atoms with Crippen LogP contribution < -0.4 is 5.73 Å². The van der Waals surface area contributed by atoms with E-state index in [1.54, 1.807) is 17.5 Å². The molecule has 1 fully saturated rings. The van der Waals surface area contributed by atoms with Gasteiger partial charge in [0.05, 0.1) is 11.5 Å². The summed E-state index contributed by atoms with van der Waals surface area (Å²) in [5.74, 6) is 0. The summed E-state index contributed by atoms with van der Waals surface area (Å²) in [6, 6.07) is 3.41. The molecule has 0 amide bonds. The van der Waals surface area contributed by atoms with Gasteiger partial charge in [0.25, 0.3) is 10.0 Å². The Bertz CT molecular complexity index is 504. The van der Waals surface area contributed by atoms with Gasteiger partial charge in [-0.2, -0.15) is 4.31 Å². The summed E-state index contributed by atoms with van der Waals surface area (Å²) in [7, 11) is -3.45. The van der Waals surface area contributed by atoms with Crippen molar-refractivity contribution in [2.45, 2.75) is 35.9 Å². The third-order valence-corrected chi connectivity index (χ3v) is 6.50. The first-order valence-corrected chi connectivity index (χ1v) is 8.58. The van der Waals surface area contributed by atoms with Crippen LogP contribution >= 0.6 is 23.6 Å². The van der Waals surface area contributed by atoms with Crippen LogP contribution in [0.4, 0.5) is 0 Å². The quantitative estimate of drug-likeness (QED) is 0.845. The Morgan fingerprint density at radius 3 is 2.67 bits per heavy atom. The zero-order chi connectivity index (χ0) is 13.2. The average molecular weight is 304 g/mol. The number of thiocarbonyl (C=S) groups is 1. The summed E-state index contributed by atoms with van der Waals surface area (Å²) in [4.78, 5) is 0.224. The predicted molar refractivity (Wildman–Crippen MR) is 77.3 cm³/mol. The van der Waals surface area contributed by atoms with Crippen molar-refractivity contribution in [1.29, 1.82) is 0 Å². The summed E-state index contributed by atoms with van der Waals surface area (Å²) in [6.07, 6.45) is 3.93. The van der Waals surface area contributed by atoms with Crippen LogP contribution in [-0.2, 0) is 10.0 Å². The molecule has 100 valence electrons. The van der Waals surface area contributed by atoms with E-state index in [0.29, 0.717) is 4.21 Å². The lowest BCUT2D eigenvalue weighted by molar-refractivity contribution is 0.356. The highest BCUT2D eigenvalue weighted by molar-refractivity contribution is 7.91. The minimum Gasteiger partial charge on any atom is -0.392 e. The minimum atomic E-state index is -3.45. The third-order valence-electron chi connectivity index (χ3n) is 3.10. The lowest BCUT2D eigenvalue weighted by atomic mass is 10.2. The molecule has 1 saturated carbocycles.